The number of rotatable bonds is 4. The van der Waals surface area contributed by atoms with Crippen molar-refractivity contribution in [3.8, 4) is 0 Å². The lowest BCUT2D eigenvalue weighted by Gasteiger charge is -2.36. The molecule has 3 nitrogen and oxygen atoms in total. The molecule has 3 rings (SSSR count). The van der Waals surface area contributed by atoms with Crippen LogP contribution in [0.4, 0.5) is 13.2 Å². The van der Waals surface area contributed by atoms with Gasteiger partial charge in [-0.25, -0.2) is 0 Å². The zero-order valence-electron chi connectivity index (χ0n) is 14.2. The molecule has 1 saturated heterocycles. The minimum absolute atomic E-state index is 0.0589. The maximum absolute atomic E-state index is 13.1. The van der Waals surface area contributed by atoms with Gasteiger partial charge in [-0.2, -0.15) is 13.2 Å². The van der Waals surface area contributed by atoms with Gasteiger partial charge in [0.2, 0.25) is 5.91 Å². The second kappa shape index (κ2) is 7.50. The Morgan fingerprint density at radius 3 is 2.27 bits per heavy atom. The maximum Gasteiger partial charge on any atom is 0.416 e. The zero-order chi connectivity index (χ0) is 18.6. The monoisotopic (exact) mass is 363 g/mol. The molecule has 6 heteroatoms. The summed E-state index contributed by atoms with van der Waals surface area (Å²) in [4.78, 5) is 13.0. The van der Waals surface area contributed by atoms with Crippen molar-refractivity contribution in [3.05, 3.63) is 71.3 Å². The molecule has 0 spiro atoms. The van der Waals surface area contributed by atoms with Crippen LogP contribution in [0.5, 0.6) is 0 Å². The summed E-state index contributed by atoms with van der Waals surface area (Å²) in [6.07, 6.45) is -3.44. The predicted molar refractivity (Wildman–Crippen MR) is 91.5 cm³/mol. The van der Waals surface area contributed by atoms with Gasteiger partial charge in [0.1, 0.15) is 0 Å². The lowest BCUT2D eigenvalue weighted by Crippen LogP contribution is -2.47. The van der Waals surface area contributed by atoms with Gasteiger partial charge in [0, 0.05) is 19.8 Å². The van der Waals surface area contributed by atoms with Crippen LogP contribution in [0.15, 0.2) is 54.6 Å². The van der Waals surface area contributed by atoms with Crippen molar-refractivity contribution in [1.82, 2.24) is 5.32 Å². The Kier molecular flexibility index (Phi) is 5.32. The fraction of sp³-hybridized carbons (Fsp3) is 0.350. The number of halogens is 3. The second-order valence-electron chi connectivity index (χ2n) is 6.40. The highest BCUT2D eigenvalue weighted by atomic mass is 19.4. The highest BCUT2D eigenvalue weighted by molar-refractivity contribution is 5.88. The molecule has 1 aliphatic heterocycles. The van der Waals surface area contributed by atoms with Gasteiger partial charge in [-0.3, -0.25) is 4.79 Å². The highest BCUT2D eigenvalue weighted by Crippen LogP contribution is 2.36. The molecule has 1 amide bonds. The Morgan fingerprint density at radius 2 is 1.62 bits per heavy atom. The third-order valence-corrected chi connectivity index (χ3v) is 4.87. The molecule has 0 bridgehead atoms. The van der Waals surface area contributed by atoms with Crippen molar-refractivity contribution in [1.29, 1.82) is 0 Å². The van der Waals surface area contributed by atoms with Crippen LogP contribution >= 0.6 is 0 Å². The van der Waals surface area contributed by atoms with E-state index < -0.39 is 17.2 Å². The second-order valence-corrected chi connectivity index (χ2v) is 6.40. The van der Waals surface area contributed by atoms with Crippen molar-refractivity contribution < 1.29 is 22.7 Å². The Bertz CT molecular complexity index is 753. The number of benzene rings is 2. The summed E-state index contributed by atoms with van der Waals surface area (Å²) >= 11 is 0. The van der Waals surface area contributed by atoms with Crippen LogP contribution < -0.4 is 5.32 Å². The van der Waals surface area contributed by atoms with Gasteiger partial charge < -0.3 is 10.1 Å². The third kappa shape index (κ3) is 3.75. The molecule has 1 aliphatic rings. The molecule has 0 radical (unpaired) electrons. The summed E-state index contributed by atoms with van der Waals surface area (Å²) in [6, 6.07) is 14.7. The van der Waals surface area contributed by atoms with E-state index in [1.54, 1.807) is 0 Å². The molecule has 0 aromatic heterocycles. The van der Waals surface area contributed by atoms with E-state index in [1.807, 2.05) is 30.3 Å². The largest absolute Gasteiger partial charge is 0.416 e. The first-order valence-electron chi connectivity index (χ1n) is 8.50. The van der Waals surface area contributed by atoms with Crippen LogP contribution in [0.2, 0.25) is 0 Å². The van der Waals surface area contributed by atoms with Gasteiger partial charge >= 0.3 is 6.18 Å². The van der Waals surface area contributed by atoms with E-state index in [0.717, 1.165) is 11.6 Å². The van der Waals surface area contributed by atoms with Gasteiger partial charge in [0.15, 0.2) is 0 Å². The molecule has 0 atom stereocenters. The molecule has 1 N–H and O–H groups in total. The number of alkyl halides is 3. The molecule has 1 heterocycles. The molecular weight excluding hydrogens is 343 g/mol. The van der Waals surface area contributed by atoms with Gasteiger partial charge in [-0.05, 0) is 30.0 Å². The number of carbonyl (C=O) groups excluding carboxylic acids is 1. The van der Waals surface area contributed by atoms with Gasteiger partial charge in [0.05, 0.1) is 11.0 Å². The van der Waals surface area contributed by atoms with Crippen LogP contribution in [0, 0.1) is 0 Å². The number of amides is 1. The summed E-state index contributed by atoms with van der Waals surface area (Å²) in [7, 11) is 0. The van der Waals surface area contributed by atoms with Gasteiger partial charge in [-0.1, -0.05) is 48.5 Å². The smallest absolute Gasteiger partial charge is 0.381 e. The molecule has 2 aromatic carbocycles. The highest BCUT2D eigenvalue weighted by Gasteiger charge is 2.41. The lowest BCUT2D eigenvalue weighted by molar-refractivity contribution is -0.138. The first-order chi connectivity index (χ1) is 12.4. The number of nitrogens with one attached hydrogen (secondary N) is 1. The first kappa shape index (κ1) is 18.5. The van der Waals surface area contributed by atoms with Crippen LogP contribution in [0.25, 0.3) is 0 Å². The average molecular weight is 363 g/mol. The summed E-state index contributed by atoms with van der Waals surface area (Å²) in [5.41, 5.74) is -0.568. The van der Waals surface area contributed by atoms with E-state index in [-0.39, 0.29) is 18.0 Å². The Labute approximate surface area is 150 Å². The SMILES string of the molecule is O=C(NCc1ccccc1C(F)(F)F)C1(c2ccccc2)CCOCC1. The van der Waals surface area contributed by atoms with Crippen LogP contribution in [0.1, 0.15) is 29.5 Å². The lowest BCUT2D eigenvalue weighted by atomic mass is 9.73. The Balaban J connectivity index is 1.82. The Hall–Kier alpha value is -2.34. The van der Waals surface area contributed by atoms with E-state index in [2.05, 4.69) is 5.32 Å². The van der Waals surface area contributed by atoms with Gasteiger partial charge in [0.25, 0.3) is 0 Å². The van der Waals surface area contributed by atoms with Crippen molar-refractivity contribution in [2.75, 3.05) is 13.2 Å². The van der Waals surface area contributed by atoms with E-state index in [9.17, 15) is 18.0 Å². The molecule has 138 valence electrons. The molecule has 2 aromatic rings. The molecular formula is C20H20F3NO2. The summed E-state index contributed by atoms with van der Waals surface area (Å²) in [5, 5.41) is 2.73. The number of hydrogen-bond donors (Lipinski definition) is 1. The standard InChI is InChI=1S/C20H20F3NO2/c21-20(22,23)17-9-5-4-6-15(17)14-24-18(25)19(10-12-26-13-11-19)16-7-2-1-3-8-16/h1-9H,10-14H2,(H,24,25). The topological polar surface area (TPSA) is 38.3 Å². The third-order valence-electron chi connectivity index (χ3n) is 4.87. The quantitative estimate of drug-likeness (QED) is 0.889. The van der Waals surface area contributed by atoms with Crippen LogP contribution in [-0.2, 0) is 27.7 Å². The van der Waals surface area contributed by atoms with Crippen LogP contribution in [-0.4, -0.2) is 19.1 Å². The summed E-state index contributed by atoms with van der Waals surface area (Å²) in [6.45, 7) is 0.729. The Morgan fingerprint density at radius 1 is 1.00 bits per heavy atom. The summed E-state index contributed by atoms with van der Waals surface area (Å²) < 4.78 is 44.8. The normalized spacial score (nSPS) is 16.9. The maximum atomic E-state index is 13.1. The molecule has 0 saturated carbocycles. The molecule has 1 fully saturated rings. The number of ether oxygens (including phenoxy) is 1. The van der Waals surface area contributed by atoms with E-state index in [1.165, 1.54) is 18.2 Å². The van der Waals surface area contributed by atoms with Crippen molar-refractivity contribution in [2.24, 2.45) is 0 Å². The van der Waals surface area contributed by atoms with Crippen molar-refractivity contribution >= 4 is 5.91 Å². The average Bonchev–Trinajstić information content (AvgIpc) is 2.67. The van der Waals surface area contributed by atoms with Gasteiger partial charge in [-0.15, -0.1) is 0 Å². The molecule has 0 unspecified atom stereocenters. The minimum atomic E-state index is -4.45. The first-order valence-corrected chi connectivity index (χ1v) is 8.50. The van der Waals surface area contributed by atoms with E-state index >= 15 is 0 Å². The minimum Gasteiger partial charge on any atom is -0.381 e. The van der Waals surface area contributed by atoms with Crippen molar-refractivity contribution in [3.63, 3.8) is 0 Å². The van der Waals surface area contributed by atoms with Crippen molar-refractivity contribution in [2.45, 2.75) is 31.0 Å². The number of carbonyl (C=O) groups is 1. The number of hydrogen-bond acceptors (Lipinski definition) is 2. The molecule has 26 heavy (non-hydrogen) atoms. The summed E-state index contributed by atoms with van der Waals surface area (Å²) in [5.74, 6) is -0.260. The molecule has 0 aliphatic carbocycles. The van der Waals surface area contributed by atoms with E-state index in [0.29, 0.717) is 26.1 Å². The van der Waals surface area contributed by atoms with Crippen LogP contribution in [0.3, 0.4) is 0 Å². The predicted octanol–water partition coefficient (Wildman–Crippen LogP) is 4.07. The van der Waals surface area contributed by atoms with E-state index in [4.69, 9.17) is 4.74 Å². The fourth-order valence-electron chi connectivity index (χ4n) is 3.42. The zero-order valence-corrected chi connectivity index (χ0v) is 14.2. The fourth-order valence-corrected chi connectivity index (χ4v) is 3.42.